The predicted octanol–water partition coefficient (Wildman–Crippen LogP) is 3.94. The Kier molecular flexibility index (Phi) is 10.6. The second-order valence-electron chi connectivity index (χ2n) is 10.3. The fourth-order valence-electron chi connectivity index (χ4n) is 4.40. The van der Waals surface area contributed by atoms with Gasteiger partial charge in [-0.15, -0.1) is 0 Å². The number of aliphatic hydroxyl groups is 2. The van der Waals surface area contributed by atoms with Crippen LogP contribution in [0.1, 0.15) is 36.2 Å². The smallest absolute Gasteiger partial charge is 0.390 e. The van der Waals surface area contributed by atoms with Crippen molar-refractivity contribution in [1.29, 1.82) is 0 Å². The molecule has 2 aromatic carbocycles. The minimum absolute atomic E-state index is 0.131. The van der Waals surface area contributed by atoms with Crippen molar-refractivity contribution >= 4 is 34.8 Å². The van der Waals surface area contributed by atoms with Gasteiger partial charge in [0.1, 0.15) is 0 Å². The molecule has 2 aromatic rings. The van der Waals surface area contributed by atoms with Gasteiger partial charge in [-0.3, -0.25) is 14.5 Å². The molecule has 4 N–H and O–H groups in total. The van der Waals surface area contributed by atoms with E-state index in [1.54, 1.807) is 11.0 Å². The summed E-state index contributed by atoms with van der Waals surface area (Å²) in [5.74, 6) is -4.52. The van der Waals surface area contributed by atoms with Crippen LogP contribution < -0.4 is 15.5 Å². The van der Waals surface area contributed by atoms with Gasteiger partial charge in [-0.05, 0) is 38.1 Å². The number of hydrogen-bond donors (Lipinski definition) is 4. The first kappa shape index (κ1) is 32.5. The van der Waals surface area contributed by atoms with Gasteiger partial charge in [0, 0.05) is 49.4 Å². The minimum atomic E-state index is -4.26. The van der Waals surface area contributed by atoms with Crippen LogP contribution >= 0.6 is 11.6 Å². The minimum Gasteiger partial charge on any atom is -0.395 e. The van der Waals surface area contributed by atoms with E-state index in [0.717, 1.165) is 12.1 Å². The van der Waals surface area contributed by atoms with Crippen molar-refractivity contribution in [2.75, 3.05) is 49.6 Å². The molecule has 1 saturated heterocycles. The van der Waals surface area contributed by atoms with Gasteiger partial charge in [0.2, 0.25) is 5.91 Å². The zero-order chi connectivity index (χ0) is 30.5. The first-order chi connectivity index (χ1) is 19.2. The Balaban J connectivity index is 1.74. The average Bonchev–Trinajstić information content (AvgIpc) is 2.92. The molecule has 0 unspecified atom stereocenters. The quantitative estimate of drug-likeness (QED) is 0.306. The molecule has 0 aromatic heterocycles. The summed E-state index contributed by atoms with van der Waals surface area (Å²) in [6, 6.07) is 6.52. The van der Waals surface area contributed by atoms with Gasteiger partial charge in [-0.1, -0.05) is 17.7 Å². The molecule has 3 rings (SSSR count). The van der Waals surface area contributed by atoms with Gasteiger partial charge in [0.05, 0.1) is 42.0 Å². The van der Waals surface area contributed by atoms with Gasteiger partial charge in [0.15, 0.2) is 11.6 Å². The van der Waals surface area contributed by atoms with E-state index in [-0.39, 0.29) is 23.8 Å². The van der Waals surface area contributed by atoms with Crippen molar-refractivity contribution < 1.29 is 41.8 Å². The number of carbonyl (C=O) groups excluding carboxylic acids is 2. The lowest BCUT2D eigenvalue weighted by Gasteiger charge is -2.42. The van der Waals surface area contributed by atoms with E-state index in [9.17, 15) is 41.8 Å². The second kappa shape index (κ2) is 13.3. The second-order valence-corrected chi connectivity index (χ2v) is 10.7. The Morgan fingerprint density at radius 1 is 1.07 bits per heavy atom. The fourth-order valence-corrected chi connectivity index (χ4v) is 4.57. The molecule has 0 spiro atoms. The molecule has 14 heteroatoms. The zero-order valence-corrected chi connectivity index (χ0v) is 23.3. The van der Waals surface area contributed by atoms with Crippen molar-refractivity contribution in [2.45, 2.75) is 39.0 Å². The molecule has 1 fully saturated rings. The highest BCUT2D eigenvalue weighted by Crippen LogP contribution is 2.33. The molecule has 1 aliphatic heterocycles. The summed E-state index contributed by atoms with van der Waals surface area (Å²) in [5, 5.41) is 23.9. The molecular formula is C27H32ClF5N4O4. The van der Waals surface area contributed by atoms with Crippen LogP contribution in [0.2, 0.25) is 5.02 Å². The number of nitrogens with one attached hydrogen (secondary N) is 2. The van der Waals surface area contributed by atoms with Gasteiger partial charge in [-0.2, -0.15) is 13.2 Å². The number of aliphatic hydroxyl groups excluding tert-OH is 2. The number of halogens is 6. The number of amides is 2. The number of anilines is 2. The SMILES string of the molecule is C[C@@H]1CN(CCC(F)(F)F)CCN1c1cc(Cl)ccc1NC(=O)c1ccc(CNC(=O)C(C)(CO)CO)c(F)c1F. The topological polar surface area (TPSA) is 105 Å². The van der Waals surface area contributed by atoms with Crippen molar-refractivity contribution in [3.8, 4) is 0 Å². The molecule has 0 radical (unpaired) electrons. The maximum atomic E-state index is 14.9. The summed E-state index contributed by atoms with van der Waals surface area (Å²) in [6.07, 6.45) is -5.18. The van der Waals surface area contributed by atoms with Crippen LogP contribution in [0, 0.1) is 17.0 Å². The van der Waals surface area contributed by atoms with Crippen molar-refractivity contribution in [3.05, 3.63) is 58.1 Å². The van der Waals surface area contributed by atoms with E-state index in [1.807, 2.05) is 11.8 Å². The molecule has 0 aliphatic carbocycles. The Morgan fingerprint density at radius 3 is 2.37 bits per heavy atom. The van der Waals surface area contributed by atoms with Crippen LogP contribution in [-0.4, -0.2) is 78.5 Å². The molecule has 41 heavy (non-hydrogen) atoms. The number of piperazine rings is 1. The Hall–Kier alpha value is -3.00. The highest BCUT2D eigenvalue weighted by molar-refractivity contribution is 6.31. The molecular weight excluding hydrogens is 575 g/mol. The Labute approximate surface area is 239 Å². The number of rotatable bonds is 10. The van der Waals surface area contributed by atoms with Crippen LogP contribution in [0.25, 0.3) is 0 Å². The fraction of sp³-hybridized carbons (Fsp3) is 0.481. The number of benzene rings is 2. The van der Waals surface area contributed by atoms with E-state index < -0.39 is 66.8 Å². The number of carbonyl (C=O) groups is 2. The summed E-state index contributed by atoms with van der Waals surface area (Å²) >= 11 is 6.19. The maximum absolute atomic E-state index is 14.9. The lowest BCUT2D eigenvalue weighted by molar-refractivity contribution is -0.138. The third kappa shape index (κ3) is 8.06. The van der Waals surface area contributed by atoms with Gasteiger partial charge < -0.3 is 25.7 Å². The van der Waals surface area contributed by atoms with E-state index >= 15 is 0 Å². The van der Waals surface area contributed by atoms with E-state index in [2.05, 4.69) is 10.6 Å². The van der Waals surface area contributed by atoms with Crippen LogP contribution in [0.4, 0.5) is 33.3 Å². The van der Waals surface area contributed by atoms with E-state index in [4.69, 9.17) is 11.6 Å². The summed E-state index contributed by atoms with van der Waals surface area (Å²) < 4.78 is 67.7. The number of alkyl halides is 3. The molecule has 1 atom stereocenters. The lowest BCUT2D eigenvalue weighted by atomic mass is 9.92. The van der Waals surface area contributed by atoms with E-state index in [0.29, 0.717) is 30.3 Å². The predicted molar refractivity (Wildman–Crippen MR) is 144 cm³/mol. The van der Waals surface area contributed by atoms with Crippen molar-refractivity contribution in [2.24, 2.45) is 5.41 Å². The standard InChI is InChI=1S/C27H32ClF5N4O4/c1-16-13-36(8-7-27(31,32)33)9-10-37(16)21-11-18(28)4-6-20(21)35-24(40)19-5-3-17(22(29)23(19)30)12-34-25(41)26(2,14-38)15-39/h3-6,11,16,38-39H,7-10,12-15H2,1-2H3,(H,34,41)(H,35,40)/t16-/m1/s1. The van der Waals surface area contributed by atoms with Crippen LogP contribution in [-0.2, 0) is 11.3 Å². The molecule has 0 saturated carbocycles. The Bertz CT molecular complexity index is 1260. The van der Waals surface area contributed by atoms with Crippen molar-refractivity contribution in [1.82, 2.24) is 10.2 Å². The largest absolute Gasteiger partial charge is 0.395 e. The zero-order valence-electron chi connectivity index (χ0n) is 22.5. The van der Waals surface area contributed by atoms with E-state index in [1.165, 1.54) is 19.1 Å². The molecule has 226 valence electrons. The summed E-state index contributed by atoms with van der Waals surface area (Å²) in [5.41, 5.74) is -1.64. The van der Waals surface area contributed by atoms with Crippen LogP contribution in [0.15, 0.2) is 30.3 Å². The number of nitrogens with zero attached hydrogens (tertiary/aromatic N) is 2. The Morgan fingerprint density at radius 2 is 1.76 bits per heavy atom. The highest BCUT2D eigenvalue weighted by atomic mass is 35.5. The highest BCUT2D eigenvalue weighted by Gasteiger charge is 2.33. The number of hydrogen-bond acceptors (Lipinski definition) is 6. The van der Waals surface area contributed by atoms with Gasteiger partial charge in [0.25, 0.3) is 5.91 Å². The molecule has 1 heterocycles. The third-order valence-corrected chi connectivity index (χ3v) is 7.27. The van der Waals surface area contributed by atoms with Crippen LogP contribution in [0.3, 0.4) is 0 Å². The summed E-state index contributed by atoms with van der Waals surface area (Å²) in [7, 11) is 0. The van der Waals surface area contributed by atoms with Crippen molar-refractivity contribution in [3.63, 3.8) is 0 Å². The summed E-state index contributed by atoms with van der Waals surface area (Å²) in [4.78, 5) is 28.8. The van der Waals surface area contributed by atoms with Gasteiger partial charge >= 0.3 is 6.18 Å². The first-order valence-electron chi connectivity index (χ1n) is 12.8. The summed E-state index contributed by atoms with van der Waals surface area (Å²) in [6.45, 7) is 2.24. The molecule has 0 bridgehead atoms. The molecule has 8 nitrogen and oxygen atoms in total. The normalized spacial score (nSPS) is 16.5. The molecule has 1 aliphatic rings. The average molecular weight is 607 g/mol. The lowest BCUT2D eigenvalue weighted by Crippen LogP contribution is -2.52. The van der Waals surface area contributed by atoms with Gasteiger partial charge in [-0.25, -0.2) is 8.78 Å². The monoisotopic (exact) mass is 606 g/mol. The maximum Gasteiger partial charge on any atom is 0.390 e. The van der Waals surface area contributed by atoms with Crippen LogP contribution in [0.5, 0.6) is 0 Å². The third-order valence-electron chi connectivity index (χ3n) is 7.03. The first-order valence-corrected chi connectivity index (χ1v) is 13.2. The molecule has 2 amide bonds.